The molecule has 0 heterocycles. The van der Waals surface area contributed by atoms with E-state index in [0.29, 0.717) is 23.3 Å². The fourth-order valence-electron chi connectivity index (χ4n) is 7.81. The van der Waals surface area contributed by atoms with Crippen LogP contribution in [0.2, 0.25) is 7.25 Å². The van der Waals surface area contributed by atoms with Gasteiger partial charge in [0.1, 0.15) is 0 Å². The Morgan fingerprint density at radius 1 is 0.732 bits per heavy atom. The van der Waals surface area contributed by atoms with Gasteiger partial charge in [-0.1, -0.05) is 0 Å². The first-order valence-electron chi connectivity index (χ1n) is 14.4. The Morgan fingerprint density at radius 2 is 1.17 bits per heavy atom. The van der Waals surface area contributed by atoms with Gasteiger partial charge in [0.25, 0.3) is 0 Å². The van der Waals surface area contributed by atoms with Gasteiger partial charge >= 0.3 is 246 Å². The number of nitro groups is 2. The van der Waals surface area contributed by atoms with Crippen molar-refractivity contribution < 1.29 is 36.6 Å². The molecule has 41 heavy (non-hydrogen) atoms. The minimum absolute atomic E-state index is 0.0239. The fourth-order valence-corrected chi connectivity index (χ4v) is 21.0. The Labute approximate surface area is 245 Å². The summed E-state index contributed by atoms with van der Waals surface area (Å²) in [5.41, 5.74) is 2.61. The Morgan fingerprint density at radius 3 is 1.59 bits per heavy atom. The quantitative estimate of drug-likeness (QED) is 0.213. The fraction of sp³-hybridized carbons (Fsp3) is 0.375. The van der Waals surface area contributed by atoms with Crippen molar-refractivity contribution in [2.45, 2.75) is 46.8 Å². The third-order valence-electron chi connectivity index (χ3n) is 9.28. The number of hydrogen-bond donors (Lipinski definition) is 0. The number of non-ortho nitro benzene ring substituents is 2. The number of rotatable bonds is 8. The molecule has 212 valence electrons. The third kappa shape index (κ3) is 5.14. The molecule has 2 aromatic rings. The van der Waals surface area contributed by atoms with Crippen LogP contribution >= 0.6 is 0 Å². The Kier molecular flexibility index (Phi) is 7.58. The summed E-state index contributed by atoms with van der Waals surface area (Å²) < 4.78 is 14.6. The van der Waals surface area contributed by atoms with Gasteiger partial charge in [-0.2, -0.15) is 0 Å². The van der Waals surface area contributed by atoms with Crippen LogP contribution in [-0.4, -0.2) is 9.85 Å². The van der Waals surface area contributed by atoms with Crippen molar-refractivity contribution in [3.8, 4) is 11.5 Å². The third-order valence-corrected chi connectivity index (χ3v) is 20.7. The molecule has 2 fully saturated rings. The van der Waals surface area contributed by atoms with E-state index in [4.69, 9.17) is 5.63 Å². The van der Waals surface area contributed by atoms with Crippen molar-refractivity contribution >= 4 is 11.4 Å². The van der Waals surface area contributed by atoms with Crippen molar-refractivity contribution in [1.82, 2.24) is 0 Å². The van der Waals surface area contributed by atoms with E-state index in [0.717, 1.165) is 25.7 Å². The average molecular weight is 634 g/mol. The molecule has 0 saturated heterocycles. The molecular weight excluding hydrogens is 600 g/mol. The van der Waals surface area contributed by atoms with Crippen LogP contribution in [0.1, 0.15) is 39.5 Å². The van der Waals surface area contributed by atoms with Gasteiger partial charge in [-0.25, -0.2) is 0 Å². The van der Waals surface area contributed by atoms with Gasteiger partial charge in [0.05, 0.1) is 0 Å². The zero-order valence-electron chi connectivity index (χ0n) is 23.2. The molecule has 9 heteroatoms. The summed E-state index contributed by atoms with van der Waals surface area (Å²) in [6.07, 6.45) is 17.1. The van der Waals surface area contributed by atoms with Crippen molar-refractivity contribution in [2.75, 3.05) is 0 Å². The molecule has 6 unspecified atom stereocenters. The summed E-state index contributed by atoms with van der Waals surface area (Å²) in [6.45, 7) is 4.55. The van der Waals surface area contributed by atoms with Gasteiger partial charge < -0.3 is 0 Å². The van der Waals surface area contributed by atoms with Gasteiger partial charge in [0.2, 0.25) is 0 Å². The molecule has 0 amide bonds. The maximum absolute atomic E-state index is 11.7. The Bertz CT molecular complexity index is 1390. The standard InChI is InChI=1S/2C10H13.2C6H5NO3.Zr/c2*1-8-6-9-4-2-3-5-10(9)7-8;2*8-6-3-1-2-5(4-6)7(9)10;/h2*2-4,6,8,10H,5,7H2,1H3;2*1-4,8H;/q;;;;+2/p-2. The Balaban J connectivity index is 1.59. The van der Waals surface area contributed by atoms with Crippen LogP contribution < -0.4 is 5.63 Å². The number of allylic oxidation sites excluding steroid dienone is 8. The number of benzene rings is 2. The van der Waals surface area contributed by atoms with E-state index in [9.17, 15) is 20.2 Å². The molecular formula is C32H34N2O6Zr. The molecule has 0 spiro atoms. The maximum atomic E-state index is 11.7. The molecule has 2 saturated carbocycles. The molecule has 6 atom stereocenters. The molecule has 4 aliphatic rings. The van der Waals surface area contributed by atoms with Crippen LogP contribution in [0.25, 0.3) is 0 Å². The second-order valence-electron chi connectivity index (χ2n) is 11.9. The first-order chi connectivity index (χ1) is 19.8. The summed E-state index contributed by atoms with van der Waals surface area (Å²) in [4.78, 5) is 22.7. The van der Waals surface area contributed by atoms with Crippen molar-refractivity contribution in [1.29, 1.82) is 0 Å². The first-order valence-corrected chi connectivity index (χ1v) is 19.2. The summed E-state index contributed by atoms with van der Waals surface area (Å²) in [5.74, 6) is 2.20. The molecule has 6 rings (SSSR count). The number of nitro benzene ring substituents is 2. The zero-order valence-corrected chi connectivity index (χ0v) is 25.7. The van der Waals surface area contributed by atoms with Crippen molar-refractivity contribution in [3.05, 3.63) is 116 Å². The summed E-state index contributed by atoms with van der Waals surface area (Å²) in [7, 11) is 0. The molecule has 0 bridgehead atoms. The monoisotopic (exact) mass is 632 g/mol. The van der Waals surface area contributed by atoms with Crippen LogP contribution in [0.4, 0.5) is 11.4 Å². The SMILES string of the molecule is CC1CC2CC=CC=C2[CH]1[Zr]([O]c1cccc([N+](=O)[O-])c1)([O]c1cccc([N+](=O)[O-])c1)[CH]1C2=CC=CCC2CC1C. The van der Waals surface area contributed by atoms with E-state index in [-0.39, 0.29) is 30.5 Å². The van der Waals surface area contributed by atoms with E-state index in [1.54, 1.807) is 24.3 Å². The van der Waals surface area contributed by atoms with Gasteiger partial charge in [0, 0.05) is 0 Å². The Hall–Kier alpha value is -3.32. The second-order valence-corrected chi connectivity index (χ2v) is 19.5. The van der Waals surface area contributed by atoms with Crippen molar-refractivity contribution in [3.63, 3.8) is 0 Å². The van der Waals surface area contributed by atoms with E-state index in [2.05, 4.69) is 50.3 Å². The van der Waals surface area contributed by atoms with Gasteiger partial charge in [-0.15, -0.1) is 0 Å². The molecule has 0 aliphatic heterocycles. The summed E-state index contributed by atoms with van der Waals surface area (Å²) >= 11 is -4.65. The van der Waals surface area contributed by atoms with Crippen LogP contribution in [0.5, 0.6) is 11.5 Å². The van der Waals surface area contributed by atoms with Crippen LogP contribution in [-0.2, 0) is 21.1 Å². The normalized spacial score (nSPS) is 28.3. The first kappa shape index (κ1) is 27.8. The zero-order chi connectivity index (χ0) is 28.7. The van der Waals surface area contributed by atoms with Crippen molar-refractivity contribution in [2.24, 2.45) is 23.7 Å². The second kappa shape index (κ2) is 11.2. The molecule has 0 N–H and O–H groups in total. The minimum atomic E-state index is -4.65. The topological polar surface area (TPSA) is 105 Å². The number of hydrogen-bond acceptors (Lipinski definition) is 6. The van der Waals surface area contributed by atoms with Crippen LogP contribution in [0.15, 0.2) is 96.1 Å². The van der Waals surface area contributed by atoms with E-state index >= 15 is 0 Å². The summed E-state index contributed by atoms with van der Waals surface area (Å²) in [5, 5.41) is 23.5. The number of fused-ring (bicyclic) bond motifs is 2. The molecule has 0 radical (unpaired) electrons. The van der Waals surface area contributed by atoms with Crippen LogP contribution in [0, 0.1) is 43.9 Å². The predicted octanol–water partition coefficient (Wildman–Crippen LogP) is 8.61. The van der Waals surface area contributed by atoms with Gasteiger partial charge in [0.15, 0.2) is 0 Å². The van der Waals surface area contributed by atoms with E-state index in [1.807, 2.05) is 0 Å². The number of nitrogens with zero attached hydrogens (tertiary/aromatic N) is 2. The summed E-state index contributed by atoms with van der Waals surface area (Å²) in [6, 6.07) is 12.8. The molecule has 2 aromatic carbocycles. The van der Waals surface area contributed by atoms with Gasteiger partial charge in [-0.3, -0.25) is 0 Å². The molecule has 8 nitrogen and oxygen atoms in total. The predicted molar refractivity (Wildman–Crippen MR) is 153 cm³/mol. The van der Waals surface area contributed by atoms with Crippen LogP contribution in [0.3, 0.4) is 0 Å². The average Bonchev–Trinajstić information content (AvgIpc) is 3.48. The van der Waals surface area contributed by atoms with E-state index < -0.39 is 31.0 Å². The van der Waals surface area contributed by atoms with E-state index in [1.165, 1.54) is 35.4 Å². The van der Waals surface area contributed by atoms with Gasteiger partial charge in [-0.05, 0) is 0 Å². The molecule has 4 aliphatic carbocycles. The molecule has 0 aromatic heterocycles.